The molecule has 0 amide bonds. The summed E-state index contributed by atoms with van der Waals surface area (Å²) in [7, 11) is 0. The summed E-state index contributed by atoms with van der Waals surface area (Å²) in [6.07, 6.45) is 1.60. The standard InChI is InChI=1S/C15H11N5S/c16-15-19-13-12(17-8-18-13)14(20-15)21-11-6-5-9-3-1-2-4-10(9)7-11/h1-8H,(H3,16,17,18,19,20). The molecule has 4 aromatic rings. The average Bonchev–Trinajstić information content (AvgIpc) is 2.95. The van der Waals surface area contributed by atoms with Gasteiger partial charge in [-0.25, -0.2) is 9.97 Å². The maximum Gasteiger partial charge on any atom is 0.223 e. The molecule has 4 rings (SSSR count). The number of hydrogen-bond donors (Lipinski definition) is 2. The van der Waals surface area contributed by atoms with Gasteiger partial charge < -0.3 is 10.7 Å². The van der Waals surface area contributed by atoms with Crippen LogP contribution in [0.5, 0.6) is 0 Å². The summed E-state index contributed by atoms with van der Waals surface area (Å²) in [4.78, 5) is 16.7. The molecule has 0 fully saturated rings. The minimum atomic E-state index is 0.234. The first-order valence-corrected chi connectivity index (χ1v) is 7.24. The SMILES string of the molecule is Nc1nc(Sc2ccc3ccccc3c2)c2[nH]cnc2n1. The van der Waals surface area contributed by atoms with Crippen LogP contribution in [-0.2, 0) is 0 Å². The van der Waals surface area contributed by atoms with E-state index in [9.17, 15) is 0 Å². The van der Waals surface area contributed by atoms with E-state index in [1.807, 2.05) is 12.1 Å². The maximum absolute atomic E-state index is 5.74. The lowest BCUT2D eigenvalue weighted by atomic mass is 10.1. The van der Waals surface area contributed by atoms with Gasteiger partial charge >= 0.3 is 0 Å². The van der Waals surface area contributed by atoms with Crippen molar-refractivity contribution in [2.24, 2.45) is 0 Å². The highest BCUT2D eigenvalue weighted by molar-refractivity contribution is 7.99. The fourth-order valence-electron chi connectivity index (χ4n) is 2.24. The van der Waals surface area contributed by atoms with E-state index >= 15 is 0 Å². The van der Waals surface area contributed by atoms with Crippen LogP contribution in [-0.4, -0.2) is 19.9 Å². The fraction of sp³-hybridized carbons (Fsp3) is 0. The first-order valence-electron chi connectivity index (χ1n) is 6.43. The van der Waals surface area contributed by atoms with Gasteiger partial charge in [-0.2, -0.15) is 4.98 Å². The molecule has 0 saturated heterocycles. The molecule has 0 bridgehead atoms. The van der Waals surface area contributed by atoms with Crippen LogP contribution in [0.2, 0.25) is 0 Å². The van der Waals surface area contributed by atoms with E-state index in [0.29, 0.717) is 5.65 Å². The smallest absolute Gasteiger partial charge is 0.223 e. The molecule has 0 spiro atoms. The molecule has 3 N–H and O–H groups in total. The second-order valence-corrected chi connectivity index (χ2v) is 5.66. The average molecular weight is 293 g/mol. The molecule has 2 aromatic carbocycles. The van der Waals surface area contributed by atoms with Gasteiger partial charge in [0.2, 0.25) is 5.95 Å². The van der Waals surface area contributed by atoms with Crippen molar-refractivity contribution in [3.63, 3.8) is 0 Å². The number of nitrogens with one attached hydrogen (secondary N) is 1. The zero-order chi connectivity index (χ0) is 14.2. The second kappa shape index (κ2) is 4.75. The summed E-state index contributed by atoms with van der Waals surface area (Å²) < 4.78 is 0. The Morgan fingerprint density at radius 1 is 1.00 bits per heavy atom. The van der Waals surface area contributed by atoms with Crippen molar-refractivity contribution >= 4 is 39.6 Å². The number of H-pyrrole nitrogens is 1. The van der Waals surface area contributed by atoms with Crippen LogP contribution in [0.3, 0.4) is 0 Å². The van der Waals surface area contributed by atoms with Gasteiger partial charge in [0.25, 0.3) is 0 Å². The summed E-state index contributed by atoms with van der Waals surface area (Å²) in [5, 5.41) is 3.20. The van der Waals surface area contributed by atoms with Crippen molar-refractivity contribution in [1.29, 1.82) is 0 Å². The van der Waals surface area contributed by atoms with Crippen LogP contribution in [0.15, 0.2) is 58.7 Å². The molecular formula is C15H11N5S. The molecule has 2 heterocycles. The molecule has 0 unspecified atom stereocenters. The Morgan fingerprint density at radius 3 is 2.76 bits per heavy atom. The summed E-state index contributed by atoms with van der Waals surface area (Å²) in [6.45, 7) is 0. The molecule has 5 nitrogen and oxygen atoms in total. The predicted molar refractivity (Wildman–Crippen MR) is 84.2 cm³/mol. The van der Waals surface area contributed by atoms with E-state index in [1.54, 1.807) is 18.1 Å². The third-order valence-corrected chi connectivity index (χ3v) is 4.18. The van der Waals surface area contributed by atoms with Crippen LogP contribution < -0.4 is 5.73 Å². The lowest BCUT2D eigenvalue weighted by Gasteiger charge is -2.04. The Balaban J connectivity index is 1.80. The Kier molecular flexibility index (Phi) is 2.75. The number of hydrogen-bond acceptors (Lipinski definition) is 5. The molecule has 0 saturated carbocycles. The van der Waals surface area contributed by atoms with Crippen LogP contribution in [0.1, 0.15) is 0 Å². The summed E-state index contributed by atoms with van der Waals surface area (Å²) in [5.74, 6) is 0.234. The van der Waals surface area contributed by atoms with Gasteiger partial charge in [0, 0.05) is 4.90 Å². The van der Waals surface area contributed by atoms with Crippen molar-refractivity contribution in [2.45, 2.75) is 9.92 Å². The largest absolute Gasteiger partial charge is 0.368 e. The fourth-order valence-corrected chi connectivity index (χ4v) is 3.18. The third-order valence-electron chi connectivity index (χ3n) is 3.21. The quantitative estimate of drug-likeness (QED) is 0.555. The third kappa shape index (κ3) is 2.19. The van der Waals surface area contributed by atoms with Crippen LogP contribution in [0.4, 0.5) is 5.95 Å². The van der Waals surface area contributed by atoms with E-state index in [1.165, 1.54) is 10.8 Å². The van der Waals surface area contributed by atoms with Gasteiger partial charge in [0.15, 0.2) is 5.65 Å². The predicted octanol–water partition coefficient (Wildman–Crippen LogP) is 3.24. The molecule has 0 aliphatic carbocycles. The molecule has 0 radical (unpaired) electrons. The maximum atomic E-state index is 5.74. The number of nitrogen functional groups attached to an aromatic ring is 1. The number of nitrogens with two attached hydrogens (primary N) is 1. The molecule has 6 heteroatoms. The van der Waals surface area contributed by atoms with Gasteiger partial charge in [0.05, 0.1) is 6.33 Å². The second-order valence-electron chi connectivity index (χ2n) is 4.60. The van der Waals surface area contributed by atoms with Gasteiger partial charge in [-0.3, -0.25) is 0 Å². The molecule has 2 aromatic heterocycles. The number of nitrogens with zero attached hydrogens (tertiary/aromatic N) is 3. The summed E-state index contributed by atoms with van der Waals surface area (Å²) >= 11 is 1.55. The van der Waals surface area contributed by atoms with E-state index in [-0.39, 0.29) is 5.95 Å². The van der Waals surface area contributed by atoms with E-state index in [2.05, 4.69) is 50.3 Å². The van der Waals surface area contributed by atoms with E-state index in [4.69, 9.17) is 5.73 Å². The van der Waals surface area contributed by atoms with Crippen molar-refractivity contribution in [2.75, 3.05) is 5.73 Å². The minimum absolute atomic E-state index is 0.234. The number of aromatic amines is 1. The van der Waals surface area contributed by atoms with Gasteiger partial charge in [-0.1, -0.05) is 42.1 Å². The molecule has 0 aliphatic rings. The highest BCUT2D eigenvalue weighted by atomic mass is 32.2. The number of aromatic nitrogens is 4. The normalized spacial score (nSPS) is 11.2. The first-order chi connectivity index (χ1) is 10.3. The highest BCUT2D eigenvalue weighted by Crippen LogP contribution is 2.32. The zero-order valence-electron chi connectivity index (χ0n) is 10.9. The Hall–Kier alpha value is -2.60. The van der Waals surface area contributed by atoms with Crippen LogP contribution in [0, 0.1) is 0 Å². The Bertz CT molecular complexity index is 947. The number of rotatable bonds is 2. The van der Waals surface area contributed by atoms with Crippen LogP contribution >= 0.6 is 11.8 Å². The molecule has 21 heavy (non-hydrogen) atoms. The highest BCUT2D eigenvalue weighted by Gasteiger charge is 2.10. The number of anilines is 1. The first kappa shape index (κ1) is 12.2. The van der Waals surface area contributed by atoms with Gasteiger partial charge in [-0.05, 0) is 22.9 Å². The topological polar surface area (TPSA) is 80.5 Å². The number of benzene rings is 2. The molecule has 0 aliphatic heterocycles. The van der Waals surface area contributed by atoms with E-state index in [0.717, 1.165) is 15.4 Å². The Labute approximate surface area is 124 Å². The van der Waals surface area contributed by atoms with Gasteiger partial charge in [-0.15, -0.1) is 0 Å². The van der Waals surface area contributed by atoms with Gasteiger partial charge in [0.1, 0.15) is 10.5 Å². The van der Waals surface area contributed by atoms with Crippen molar-refractivity contribution in [1.82, 2.24) is 19.9 Å². The summed E-state index contributed by atoms with van der Waals surface area (Å²) in [5.41, 5.74) is 7.14. The minimum Gasteiger partial charge on any atom is -0.368 e. The lowest BCUT2D eigenvalue weighted by molar-refractivity contribution is 1.10. The molecule has 0 atom stereocenters. The summed E-state index contributed by atoms with van der Waals surface area (Å²) in [6, 6.07) is 14.6. The monoisotopic (exact) mass is 293 g/mol. The number of fused-ring (bicyclic) bond motifs is 2. The lowest BCUT2D eigenvalue weighted by Crippen LogP contribution is -1.96. The molecule has 102 valence electrons. The van der Waals surface area contributed by atoms with Crippen molar-refractivity contribution < 1.29 is 0 Å². The van der Waals surface area contributed by atoms with Crippen molar-refractivity contribution in [3.05, 3.63) is 48.8 Å². The molecular weight excluding hydrogens is 282 g/mol. The Morgan fingerprint density at radius 2 is 1.86 bits per heavy atom. The van der Waals surface area contributed by atoms with E-state index < -0.39 is 0 Å². The number of imidazole rings is 1. The zero-order valence-corrected chi connectivity index (χ0v) is 11.8. The van der Waals surface area contributed by atoms with Crippen LogP contribution in [0.25, 0.3) is 21.9 Å². The van der Waals surface area contributed by atoms with Crippen molar-refractivity contribution in [3.8, 4) is 0 Å².